The van der Waals surface area contributed by atoms with Crippen LogP contribution in [0.3, 0.4) is 0 Å². The van der Waals surface area contributed by atoms with Crippen LogP contribution >= 0.6 is 11.8 Å². The highest BCUT2D eigenvalue weighted by Crippen LogP contribution is 2.16. The summed E-state index contributed by atoms with van der Waals surface area (Å²) in [5.74, 6) is 0.169. The fourth-order valence-electron chi connectivity index (χ4n) is 2.03. The molecule has 1 aromatic heterocycles. The molecular formula is C17H19FN2O3S. The van der Waals surface area contributed by atoms with E-state index in [0.29, 0.717) is 18.0 Å². The van der Waals surface area contributed by atoms with Crippen molar-refractivity contribution in [3.05, 3.63) is 54.2 Å². The maximum atomic E-state index is 12.8. The van der Waals surface area contributed by atoms with E-state index in [1.54, 1.807) is 37.3 Å². The van der Waals surface area contributed by atoms with Crippen LogP contribution in [0.2, 0.25) is 0 Å². The molecule has 0 aliphatic rings. The number of furan rings is 1. The number of carbonyl (C=O) groups is 2. The number of thioether (sulfide) groups is 1. The number of amides is 2. The van der Waals surface area contributed by atoms with Crippen molar-refractivity contribution in [3.8, 4) is 0 Å². The van der Waals surface area contributed by atoms with Gasteiger partial charge in [0.15, 0.2) is 0 Å². The average Bonchev–Trinajstić information content (AvgIpc) is 3.07. The molecule has 0 bridgehead atoms. The second-order valence-corrected chi connectivity index (χ2v) is 6.61. The molecule has 7 heteroatoms. The van der Waals surface area contributed by atoms with Gasteiger partial charge in [-0.15, -0.1) is 11.8 Å². The smallest absolute Gasteiger partial charge is 0.235 e. The molecule has 2 aromatic rings. The van der Waals surface area contributed by atoms with E-state index >= 15 is 0 Å². The summed E-state index contributed by atoms with van der Waals surface area (Å²) in [5, 5.41) is 2.31. The molecule has 128 valence electrons. The second kappa shape index (κ2) is 8.54. The third-order valence-corrected chi connectivity index (χ3v) is 4.42. The Bertz CT molecular complexity index is 674. The first kappa shape index (κ1) is 18.1. The first-order valence-electron chi connectivity index (χ1n) is 7.40. The number of anilines is 1. The highest BCUT2D eigenvalue weighted by molar-refractivity contribution is 8.01. The maximum Gasteiger partial charge on any atom is 0.235 e. The number of hydrogen-bond acceptors (Lipinski definition) is 4. The van der Waals surface area contributed by atoms with E-state index in [9.17, 15) is 14.0 Å². The quantitative estimate of drug-likeness (QED) is 0.833. The van der Waals surface area contributed by atoms with Crippen molar-refractivity contribution in [2.24, 2.45) is 0 Å². The first-order valence-corrected chi connectivity index (χ1v) is 8.45. The zero-order valence-electron chi connectivity index (χ0n) is 13.5. The summed E-state index contributed by atoms with van der Waals surface area (Å²) in [4.78, 5) is 25.7. The van der Waals surface area contributed by atoms with Gasteiger partial charge >= 0.3 is 0 Å². The van der Waals surface area contributed by atoms with Crippen LogP contribution in [0.15, 0.2) is 47.1 Å². The molecule has 0 spiro atoms. The Morgan fingerprint density at radius 1 is 1.29 bits per heavy atom. The van der Waals surface area contributed by atoms with E-state index < -0.39 is 0 Å². The standard InChI is InChI=1S/C17H19FN2O3S/c1-12(17(22)20(2)10-15-4-3-9-23-15)24-11-16(21)19-14-7-5-13(18)6-8-14/h3-9,12H,10-11H2,1-2H3,(H,19,21). The summed E-state index contributed by atoms with van der Waals surface area (Å²) in [7, 11) is 1.69. The Morgan fingerprint density at radius 2 is 2.00 bits per heavy atom. The van der Waals surface area contributed by atoms with Crippen molar-refractivity contribution in [2.75, 3.05) is 18.1 Å². The summed E-state index contributed by atoms with van der Waals surface area (Å²) in [6.07, 6.45) is 1.56. The van der Waals surface area contributed by atoms with Crippen molar-refractivity contribution >= 4 is 29.3 Å². The molecule has 0 saturated carbocycles. The Balaban J connectivity index is 1.76. The molecule has 5 nitrogen and oxygen atoms in total. The third-order valence-electron chi connectivity index (χ3n) is 3.29. The summed E-state index contributed by atoms with van der Waals surface area (Å²) in [6.45, 7) is 2.15. The van der Waals surface area contributed by atoms with E-state index in [1.807, 2.05) is 0 Å². The van der Waals surface area contributed by atoms with Gasteiger partial charge in [0.25, 0.3) is 0 Å². The molecule has 0 aliphatic carbocycles. The second-order valence-electron chi connectivity index (χ2n) is 5.28. The van der Waals surface area contributed by atoms with Gasteiger partial charge in [-0.2, -0.15) is 0 Å². The maximum absolute atomic E-state index is 12.8. The van der Waals surface area contributed by atoms with Gasteiger partial charge in [-0.1, -0.05) is 0 Å². The summed E-state index contributed by atoms with van der Waals surface area (Å²) in [6, 6.07) is 9.10. The van der Waals surface area contributed by atoms with Crippen LogP contribution in [0, 0.1) is 5.82 Å². The fraction of sp³-hybridized carbons (Fsp3) is 0.294. The normalized spacial score (nSPS) is 11.8. The molecular weight excluding hydrogens is 331 g/mol. The minimum Gasteiger partial charge on any atom is -0.467 e. The number of hydrogen-bond donors (Lipinski definition) is 1. The van der Waals surface area contributed by atoms with Gasteiger partial charge in [0.2, 0.25) is 11.8 Å². The minimum absolute atomic E-state index is 0.0778. The zero-order valence-corrected chi connectivity index (χ0v) is 14.3. The first-order chi connectivity index (χ1) is 11.5. The molecule has 2 amide bonds. The minimum atomic E-state index is -0.360. The number of benzene rings is 1. The fourth-order valence-corrected chi connectivity index (χ4v) is 2.82. The molecule has 0 aliphatic heterocycles. The SMILES string of the molecule is CC(SCC(=O)Nc1ccc(F)cc1)C(=O)N(C)Cc1ccco1. The van der Waals surface area contributed by atoms with Gasteiger partial charge in [0.1, 0.15) is 11.6 Å². The number of halogens is 1. The molecule has 1 atom stereocenters. The Labute approximate surface area is 144 Å². The van der Waals surface area contributed by atoms with E-state index in [0.717, 1.165) is 0 Å². The van der Waals surface area contributed by atoms with Gasteiger partial charge in [-0.05, 0) is 43.3 Å². The van der Waals surface area contributed by atoms with Gasteiger partial charge in [-0.3, -0.25) is 9.59 Å². The monoisotopic (exact) mass is 350 g/mol. The number of nitrogens with zero attached hydrogens (tertiary/aromatic N) is 1. The molecule has 1 N–H and O–H groups in total. The molecule has 0 saturated heterocycles. The molecule has 0 fully saturated rings. The Hall–Kier alpha value is -2.28. The molecule has 24 heavy (non-hydrogen) atoms. The van der Waals surface area contributed by atoms with Crippen LogP contribution in [-0.4, -0.2) is 34.8 Å². The van der Waals surface area contributed by atoms with E-state index in [-0.39, 0.29) is 28.6 Å². The summed E-state index contributed by atoms with van der Waals surface area (Å²) < 4.78 is 18.0. The lowest BCUT2D eigenvalue weighted by Crippen LogP contribution is -2.33. The summed E-state index contributed by atoms with van der Waals surface area (Å²) in [5.41, 5.74) is 0.524. The molecule has 1 unspecified atom stereocenters. The zero-order chi connectivity index (χ0) is 17.5. The van der Waals surface area contributed by atoms with Crippen molar-refractivity contribution in [3.63, 3.8) is 0 Å². The lowest BCUT2D eigenvalue weighted by molar-refractivity contribution is -0.129. The van der Waals surface area contributed by atoms with E-state index in [2.05, 4.69) is 5.32 Å². The van der Waals surface area contributed by atoms with E-state index in [4.69, 9.17) is 4.42 Å². The summed E-state index contributed by atoms with van der Waals surface area (Å²) >= 11 is 1.25. The van der Waals surface area contributed by atoms with Crippen LogP contribution < -0.4 is 5.32 Å². The van der Waals surface area contributed by atoms with Crippen LogP contribution in [0.4, 0.5) is 10.1 Å². The van der Waals surface area contributed by atoms with Crippen LogP contribution in [0.5, 0.6) is 0 Å². The predicted octanol–water partition coefficient (Wildman–Crippen LogP) is 3.14. The lowest BCUT2D eigenvalue weighted by atomic mass is 10.3. The van der Waals surface area contributed by atoms with Crippen molar-refractivity contribution < 1.29 is 18.4 Å². The Morgan fingerprint density at radius 3 is 2.62 bits per heavy atom. The van der Waals surface area contributed by atoms with E-state index in [1.165, 1.54) is 36.0 Å². The van der Waals surface area contributed by atoms with Crippen molar-refractivity contribution in [1.82, 2.24) is 4.90 Å². The highest BCUT2D eigenvalue weighted by atomic mass is 32.2. The van der Waals surface area contributed by atoms with Crippen molar-refractivity contribution in [1.29, 1.82) is 0 Å². The highest BCUT2D eigenvalue weighted by Gasteiger charge is 2.20. The molecule has 1 aromatic carbocycles. The van der Waals surface area contributed by atoms with Gasteiger partial charge in [-0.25, -0.2) is 4.39 Å². The van der Waals surface area contributed by atoms with Gasteiger partial charge in [0.05, 0.1) is 23.8 Å². The van der Waals surface area contributed by atoms with Crippen LogP contribution in [0.1, 0.15) is 12.7 Å². The van der Waals surface area contributed by atoms with Crippen LogP contribution in [-0.2, 0) is 16.1 Å². The lowest BCUT2D eigenvalue weighted by Gasteiger charge is -2.20. The largest absolute Gasteiger partial charge is 0.467 e. The van der Waals surface area contributed by atoms with Crippen LogP contribution in [0.25, 0.3) is 0 Å². The Kier molecular flexibility index (Phi) is 6.43. The number of carbonyl (C=O) groups excluding carboxylic acids is 2. The third kappa shape index (κ3) is 5.42. The number of rotatable bonds is 7. The topological polar surface area (TPSA) is 62.6 Å². The van der Waals surface area contributed by atoms with Gasteiger partial charge in [0, 0.05) is 12.7 Å². The molecule has 0 radical (unpaired) electrons. The molecule has 1 heterocycles. The van der Waals surface area contributed by atoms with Gasteiger partial charge < -0.3 is 14.6 Å². The predicted molar refractivity (Wildman–Crippen MR) is 92.1 cm³/mol. The number of nitrogens with one attached hydrogen (secondary N) is 1. The molecule has 2 rings (SSSR count). The average molecular weight is 350 g/mol. The van der Waals surface area contributed by atoms with Crippen molar-refractivity contribution in [2.45, 2.75) is 18.7 Å².